The van der Waals surface area contributed by atoms with Gasteiger partial charge in [-0.25, -0.2) is 0 Å². The van der Waals surface area contributed by atoms with Gasteiger partial charge in [0.25, 0.3) is 0 Å². The summed E-state index contributed by atoms with van der Waals surface area (Å²) in [4.78, 5) is 2.09. The molecule has 1 fully saturated rings. The maximum absolute atomic E-state index is 7.81. The summed E-state index contributed by atoms with van der Waals surface area (Å²) in [7, 11) is 0. The Balaban J connectivity index is 2.09. The Morgan fingerprint density at radius 1 is 1.50 bits per heavy atom. The van der Waals surface area contributed by atoms with E-state index in [2.05, 4.69) is 15.1 Å². The van der Waals surface area contributed by atoms with Crippen molar-refractivity contribution < 1.29 is 0 Å². The van der Waals surface area contributed by atoms with Crippen LogP contribution < -0.4 is 0 Å². The van der Waals surface area contributed by atoms with Crippen LogP contribution in [0.2, 0.25) is 0 Å². The van der Waals surface area contributed by atoms with Gasteiger partial charge in [0.1, 0.15) is 5.84 Å². The molecule has 0 atom stereocenters. The van der Waals surface area contributed by atoms with E-state index in [0.717, 1.165) is 18.7 Å². The van der Waals surface area contributed by atoms with Gasteiger partial charge in [0.2, 0.25) is 0 Å². The first-order valence-corrected chi connectivity index (χ1v) is 4.20. The van der Waals surface area contributed by atoms with Gasteiger partial charge in [-0.15, -0.1) is 0 Å². The van der Waals surface area contributed by atoms with Crippen molar-refractivity contribution in [3.8, 4) is 0 Å². The first-order valence-electron chi connectivity index (χ1n) is 4.20. The van der Waals surface area contributed by atoms with Crippen molar-refractivity contribution in [1.82, 2.24) is 15.1 Å². The van der Waals surface area contributed by atoms with Crippen LogP contribution in [0.4, 0.5) is 0 Å². The number of aromatic nitrogens is 2. The number of hydrogen-bond acceptors (Lipinski definition) is 2. The lowest BCUT2D eigenvalue weighted by Gasteiger charge is -2.16. The second-order valence-corrected chi connectivity index (χ2v) is 3.03. The molecule has 2 heterocycles. The third-order valence-electron chi connectivity index (χ3n) is 2.19. The molecule has 12 heavy (non-hydrogen) atoms. The Labute approximate surface area is 71.1 Å². The Morgan fingerprint density at radius 2 is 2.25 bits per heavy atom. The highest BCUT2D eigenvalue weighted by Crippen LogP contribution is 2.11. The van der Waals surface area contributed by atoms with Crippen molar-refractivity contribution in [3.05, 3.63) is 18.0 Å². The fraction of sp³-hybridized carbons (Fsp3) is 0.500. The van der Waals surface area contributed by atoms with Crippen molar-refractivity contribution in [2.75, 3.05) is 13.1 Å². The van der Waals surface area contributed by atoms with Crippen molar-refractivity contribution in [3.63, 3.8) is 0 Å². The number of aromatic amines is 1. The molecule has 64 valence electrons. The lowest BCUT2D eigenvalue weighted by Crippen LogP contribution is -2.27. The highest BCUT2D eigenvalue weighted by Gasteiger charge is 2.16. The van der Waals surface area contributed by atoms with E-state index in [0.29, 0.717) is 5.84 Å². The number of nitrogens with one attached hydrogen (secondary N) is 2. The molecule has 1 aliphatic rings. The van der Waals surface area contributed by atoms with Crippen molar-refractivity contribution >= 4 is 5.84 Å². The molecule has 4 nitrogen and oxygen atoms in total. The summed E-state index contributed by atoms with van der Waals surface area (Å²) in [5.74, 6) is 0.598. The first kappa shape index (κ1) is 7.34. The van der Waals surface area contributed by atoms with Crippen LogP contribution in [0.1, 0.15) is 18.4 Å². The maximum atomic E-state index is 7.81. The molecule has 0 radical (unpaired) electrons. The largest absolute Gasteiger partial charge is 0.357 e. The van der Waals surface area contributed by atoms with Crippen LogP contribution in [-0.4, -0.2) is 34.0 Å². The Hall–Kier alpha value is -1.32. The van der Waals surface area contributed by atoms with Crippen LogP contribution in [0.3, 0.4) is 0 Å². The van der Waals surface area contributed by atoms with E-state index in [4.69, 9.17) is 5.41 Å². The number of amidine groups is 1. The molecule has 1 aromatic rings. The van der Waals surface area contributed by atoms with Gasteiger partial charge < -0.3 is 4.90 Å². The molecule has 2 N–H and O–H groups in total. The molecule has 1 aromatic heterocycles. The number of nitrogens with zero attached hydrogens (tertiary/aromatic N) is 2. The van der Waals surface area contributed by atoms with E-state index in [1.54, 1.807) is 12.4 Å². The van der Waals surface area contributed by atoms with Gasteiger partial charge in [-0.2, -0.15) is 5.10 Å². The second-order valence-electron chi connectivity index (χ2n) is 3.03. The van der Waals surface area contributed by atoms with Gasteiger partial charge in [0.15, 0.2) is 0 Å². The van der Waals surface area contributed by atoms with E-state index >= 15 is 0 Å². The molecule has 1 aliphatic heterocycles. The quantitative estimate of drug-likeness (QED) is 0.477. The Bertz CT molecular complexity index is 259. The van der Waals surface area contributed by atoms with Gasteiger partial charge >= 0.3 is 0 Å². The zero-order valence-corrected chi connectivity index (χ0v) is 6.88. The van der Waals surface area contributed by atoms with Crippen LogP contribution in [0, 0.1) is 5.41 Å². The van der Waals surface area contributed by atoms with Crippen LogP contribution in [-0.2, 0) is 0 Å². The molecule has 0 amide bonds. The van der Waals surface area contributed by atoms with Gasteiger partial charge in [-0.1, -0.05) is 0 Å². The average molecular weight is 164 g/mol. The summed E-state index contributed by atoms with van der Waals surface area (Å²) in [6.07, 6.45) is 5.88. The van der Waals surface area contributed by atoms with Crippen LogP contribution in [0.25, 0.3) is 0 Å². The molecule has 0 unspecified atom stereocenters. The molecule has 4 heteroatoms. The van der Waals surface area contributed by atoms with Gasteiger partial charge in [0.05, 0.1) is 11.8 Å². The van der Waals surface area contributed by atoms with E-state index in [-0.39, 0.29) is 0 Å². The van der Waals surface area contributed by atoms with Gasteiger partial charge in [0, 0.05) is 19.3 Å². The highest BCUT2D eigenvalue weighted by atomic mass is 15.2. The smallest absolute Gasteiger partial charge is 0.131 e. The maximum Gasteiger partial charge on any atom is 0.131 e. The molecule has 0 aromatic carbocycles. The summed E-state index contributed by atoms with van der Waals surface area (Å²) in [5, 5.41) is 14.3. The lowest BCUT2D eigenvalue weighted by atomic mass is 10.3. The van der Waals surface area contributed by atoms with Crippen LogP contribution >= 0.6 is 0 Å². The predicted molar refractivity (Wildman–Crippen MR) is 46.2 cm³/mol. The molecular formula is C8H12N4. The second kappa shape index (κ2) is 2.97. The van der Waals surface area contributed by atoms with Crippen LogP contribution in [0.15, 0.2) is 12.4 Å². The lowest BCUT2D eigenvalue weighted by molar-refractivity contribution is 0.517. The third kappa shape index (κ3) is 1.20. The minimum atomic E-state index is 0.598. The molecule has 1 saturated heterocycles. The fourth-order valence-corrected chi connectivity index (χ4v) is 1.50. The van der Waals surface area contributed by atoms with Crippen molar-refractivity contribution in [2.45, 2.75) is 12.8 Å². The van der Waals surface area contributed by atoms with Crippen LogP contribution in [0.5, 0.6) is 0 Å². The molecule has 2 rings (SSSR count). The zero-order chi connectivity index (χ0) is 8.39. The Morgan fingerprint density at radius 3 is 2.83 bits per heavy atom. The monoisotopic (exact) mass is 164 g/mol. The highest BCUT2D eigenvalue weighted by molar-refractivity contribution is 5.95. The third-order valence-corrected chi connectivity index (χ3v) is 2.19. The SMILES string of the molecule is N=C(c1cn[nH]c1)N1CCCC1. The number of H-pyrrole nitrogens is 1. The van der Waals surface area contributed by atoms with E-state index in [9.17, 15) is 0 Å². The topological polar surface area (TPSA) is 55.8 Å². The number of hydrogen-bond donors (Lipinski definition) is 2. The van der Waals surface area contributed by atoms with Crippen molar-refractivity contribution in [1.29, 1.82) is 5.41 Å². The zero-order valence-electron chi connectivity index (χ0n) is 6.88. The first-order chi connectivity index (χ1) is 5.88. The molecule has 0 spiro atoms. The molecular weight excluding hydrogens is 152 g/mol. The summed E-state index contributed by atoms with van der Waals surface area (Å²) in [6.45, 7) is 2.04. The standard InChI is InChI=1S/C8H12N4/c9-8(7-5-10-11-6-7)12-3-1-2-4-12/h5-6,9H,1-4H2,(H,10,11). The molecule has 0 saturated carbocycles. The summed E-state index contributed by atoms with van der Waals surface area (Å²) >= 11 is 0. The summed E-state index contributed by atoms with van der Waals surface area (Å²) in [5.41, 5.74) is 0.886. The number of rotatable bonds is 1. The van der Waals surface area contributed by atoms with E-state index in [1.807, 2.05) is 0 Å². The normalized spacial score (nSPS) is 16.8. The van der Waals surface area contributed by atoms with Gasteiger partial charge in [-0.3, -0.25) is 10.5 Å². The molecule has 0 bridgehead atoms. The van der Waals surface area contributed by atoms with E-state index < -0.39 is 0 Å². The van der Waals surface area contributed by atoms with Crippen molar-refractivity contribution in [2.24, 2.45) is 0 Å². The van der Waals surface area contributed by atoms with E-state index in [1.165, 1.54) is 12.8 Å². The molecule has 0 aliphatic carbocycles. The average Bonchev–Trinajstić information content (AvgIpc) is 2.77. The minimum absolute atomic E-state index is 0.598. The fourth-order valence-electron chi connectivity index (χ4n) is 1.50. The predicted octanol–water partition coefficient (Wildman–Crippen LogP) is 0.831. The summed E-state index contributed by atoms with van der Waals surface area (Å²) in [6, 6.07) is 0. The Kier molecular flexibility index (Phi) is 1.81. The van der Waals surface area contributed by atoms with Gasteiger partial charge in [-0.05, 0) is 12.8 Å². The number of likely N-dealkylation sites (tertiary alicyclic amines) is 1. The summed E-state index contributed by atoms with van der Waals surface area (Å²) < 4.78 is 0. The minimum Gasteiger partial charge on any atom is -0.357 e.